The Morgan fingerprint density at radius 3 is 2.32 bits per heavy atom. The predicted octanol–water partition coefficient (Wildman–Crippen LogP) is 4.91. The minimum Gasteiger partial charge on any atom is -0.364 e. The zero-order valence-electron chi connectivity index (χ0n) is 17.4. The van der Waals surface area contributed by atoms with Gasteiger partial charge in [-0.3, -0.25) is 9.48 Å². The zero-order chi connectivity index (χ0) is 22.8. The number of aromatic nitrogens is 2. The number of rotatable bonds is 4. The highest BCUT2D eigenvalue weighted by Gasteiger charge is 2.68. The number of aryl methyl sites for hydroxylation is 2. The number of benzene rings is 1. The third kappa shape index (κ3) is 3.99. The highest BCUT2D eigenvalue weighted by molar-refractivity contribution is 5.93. The number of nitrogens with zero attached hydrogens (tertiary/aromatic N) is 3. The fraction of sp³-hybridized carbons (Fsp3) is 0.524. The third-order valence-corrected chi connectivity index (χ3v) is 6.16. The van der Waals surface area contributed by atoms with E-state index < -0.39 is 29.1 Å². The molecule has 0 bridgehead atoms. The molecule has 2 heterocycles. The fourth-order valence-electron chi connectivity index (χ4n) is 4.12. The van der Waals surface area contributed by atoms with E-state index in [2.05, 4.69) is 10.4 Å². The summed E-state index contributed by atoms with van der Waals surface area (Å²) in [7, 11) is 0. The SMILES string of the molecule is Cc1cc(N2CCn3nc(C(F)(F)F)cc3C2)cc(C)c1NC(=O)C[C@@]1(C)CC1(F)F. The molecule has 5 nitrogen and oxygen atoms in total. The normalized spacial score (nSPS) is 22.3. The molecule has 1 saturated carbocycles. The first-order chi connectivity index (χ1) is 14.3. The van der Waals surface area contributed by atoms with E-state index in [1.165, 1.54) is 11.6 Å². The van der Waals surface area contributed by atoms with Gasteiger partial charge in [-0.1, -0.05) is 6.92 Å². The van der Waals surface area contributed by atoms with Crippen molar-refractivity contribution in [3.63, 3.8) is 0 Å². The first kappa shape index (κ1) is 21.6. The third-order valence-electron chi connectivity index (χ3n) is 6.16. The fourth-order valence-corrected chi connectivity index (χ4v) is 4.12. The van der Waals surface area contributed by atoms with Gasteiger partial charge in [0.2, 0.25) is 5.91 Å². The lowest BCUT2D eigenvalue weighted by Crippen LogP contribution is -2.34. The smallest absolute Gasteiger partial charge is 0.364 e. The molecule has 2 aromatic rings. The van der Waals surface area contributed by atoms with Gasteiger partial charge in [-0.15, -0.1) is 0 Å². The van der Waals surface area contributed by atoms with Crippen molar-refractivity contribution in [3.8, 4) is 0 Å². The summed E-state index contributed by atoms with van der Waals surface area (Å²) in [6.45, 7) is 6.10. The molecule has 1 aromatic heterocycles. The second-order valence-electron chi connectivity index (χ2n) is 8.78. The van der Waals surface area contributed by atoms with E-state index in [0.717, 1.165) is 22.9 Å². The summed E-state index contributed by atoms with van der Waals surface area (Å²) in [6, 6.07) is 4.74. The highest BCUT2D eigenvalue weighted by Crippen LogP contribution is 2.62. The summed E-state index contributed by atoms with van der Waals surface area (Å²) in [6.07, 6.45) is -5.02. The van der Waals surface area contributed by atoms with Crippen LogP contribution in [-0.2, 0) is 24.1 Å². The number of halogens is 5. The molecule has 1 fully saturated rings. The van der Waals surface area contributed by atoms with Gasteiger partial charge in [0.05, 0.1) is 18.8 Å². The van der Waals surface area contributed by atoms with Crippen molar-refractivity contribution >= 4 is 17.3 Å². The maximum Gasteiger partial charge on any atom is 0.435 e. The van der Waals surface area contributed by atoms with Crippen LogP contribution in [0.25, 0.3) is 0 Å². The Hall–Kier alpha value is -2.65. The average molecular weight is 442 g/mol. The summed E-state index contributed by atoms with van der Waals surface area (Å²) in [5.74, 6) is -3.26. The Labute approximate surface area is 176 Å². The number of carbonyl (C=O) groups is 1. The Morgan fingerprint density at radius 2 is 1.77 bits per heavy atom. The lowest BCUT2D eigenvalue weighted by Gasteiger charge is -2.30. The van der Waals surface area contributed by atoms with E-state index in [-0.39, 0.29) is 19.4 Å². The molecule has 0 radical (unpaired) electrons. The van der Waals surface area contributed by atoms with Crippen LogP contribution in [0.5, 0.6) is 0 Å². The topological polar surface area (TPSA) is 50.2 Å². The van der Waals surface area contributed by atoms with Crippen molar-refractivity contribution in [2.45, 2.75) is 58.8 Å². The maximum absolute atomic E-state index is 13.4. The van der Waals surface area contributed by atoms with E-state index >= 15 is 0 Å². The van der Waals surface area contributed by atoms with Gasteiger partial charge in [0.1, 0.15) is 0 Å². The second kappa shape index (κ2) is 6.93. The maximum atomic E-state index is 13.4. The van der Waals surface area contributed by atoms with Gasteiger partial charge in [-0.2, -0.15) is 18.3 Å². The molecule has 1 N–H and O–H groups in total. The van der Waals surface area contributed by atoms with Gasteiger partial charge < -0.3 is 10.2 Å². The first-order valence-electron chi connectivity index (χ1n) is 9.97. The van der Waals surface area contributed by atoms with Crippen molar-refractivity contribution in [2.24, 2.45) is 5.41 Å². The number of anilines is 2. The van der Waals surface area contributed by atoms with Crippen LogP contribution in [-0.4, -0.2) is 28.2 Å². The molecule has 1 atom stereocenters. The van der Waals surface area contributed by atoms with Crippen LogP contribution in [0.4, 0.5) is 33.3 Å². The van der Waals surface area contributed by atoms with Gasteiger partial charge in [-0.25, -0.2) is 8.78 Å². The van der Waals surface area contributed by atoms with Crippen molar-refractivity contribution in [1.29, 1.82) is 0 Å². The molecule has 0 spiro atoms. The summed E-state index contributed by atoms with van der Waals surface area (Å²) in [4.78, 5) is 14.3. The molecule has 31 heavy (non-hydrogen) atoms. The van der Waals surface area contributed by atoms with Gasteiger partial charge >= 0.3 is 6.18 Å². The Kier molecular flexibility index (Phi) is 4.82. The van der Waals surface area contributed by atoms with Crippen LogP contribution < -0.4 is 10.2 Å². The lowest BCUT2D eigenvalue weighted by atomic mass is 10.0. The molecular weight excluding hydrogens is 419 g/mol. The molecular formula is C21H23F5N4O. The van der Waals surface area contributed by atoms with Crippen molar-refractivity contribution in [2.75, 3.05) is 16.8 Å². The Morgan fingerprint density at radius 1 is 1.16 bits per heavy atom. The van der Waals surface area contributed by atoms with Gasteiger partial charge in [-0.05, 0) is 43.2 Å². The van der Waals surface area contributed by atoms with Crippen LogP contribution in [0.15, 0.2) is 18.2 Å². The van der Waals surface area contributed by atoms with E-state index in [1.54, 1.807) is 13.8 Å². The number of hydrogen-bond donors (Lipinski definition) is 1. The lowest BCUT2D eigenvalue weighted by molar-refractivity contribution is -0.141. The van der Waals surface area contributed by atoms with Crippen LogP contribution in [0, 0.1) is 19.3 Å². The zero-order valence-corrected chi connectivity index (χ0v) is 17.4. The number of alkyl halides is 5. The van der Waals surface area contributed by atoms with E-state index in [4.69, 9.17) is 0 Å². The number of carbonyl (C=O) groups excluding carboxylic acids is 1. The highest BCUT2D eigenvalue weighted by atomic mass is 19.4. The molecule has 1 aromatic carbocycles. The summed E-state index contributed by atoms with van der Waals surface area (Å²) < 4.78 is 67.0. The predicted molar refractivity (Wildman–Crippen MR) is 105 cm³/mol. The molecule has 0 saturated heterocycles. The Balaban J connectivity index is 1.49. The molecule has 10 heteroatoms. The first-order valence-corrected chi connectivity index (χ1v) is 9.97. The number of amides is 1. The van der Waals surface area contributed by atoms with Gasteiger partial charge in [0.15, 0.2) is 5.69 Å². The van der Waals surface area contributed by atoms with Crippen molar-refractivity contribution in [3.05, 3.63) is 40.7 Å². The van der Waals surface area contributed by atoms with E-state index in [1.807, 2.05) is 17.0 Å². The van der Waals surface area contributed by atoms with Crippen molar-refractivity contribution < 1.29 is 26.7 Å². The number of hydrogen-bond acceptors (Lipinski definition) is 3. The van der Waals surface area contributed by atoms with Crippen LogP contribution in [0.1, 0.15) is 42.3 Å². The number of fused-ring (bicyclic) bond motifs is 1. The van der Waals surface area contributed by atoms with E-state index in [0.29, 0.717) is 24.5 Å². The average Bonchev–Trinajstić information content (AvgIpc) is 2.98. The largest absolute Gasteiger partial charge is 0.435 e. The molecule has 4 rings (SSSR count). The summed E-state index contributed by atoms with van der Waals surface area (Å²) in [5, 5.41) is 6.39. The molecule has 1 amide bonds. The molecule has 2 aliphatic rings. The van der Waals surface area contributed by atoms with E-state index in [9.17, 15) is 26.7 Å². The van der Waals surface area contributed by atoms with Gasteiger partial charge in [0.25, 0.3) is 5.92 Å². The molecule has 1 aliphatic heterocycles. The molecule has 1 aliphatic carbocycles. The van der Waals surface area contributed by atoms with Crippen LogP contribution in [0.2, 0.25) is 0 Å². The van der Waals surface area contributed by atoms with Gasteiger partial charge in [0, 0.05) is 36.2 Å². The van der Waals surface area contributed by atoms with Crippen LogP contribution in [0.3, 0.4) is 0 Å². The van der Waals surface area contributed by atoms with Crippen LogP contribution >= 0.6 is 0 Å². The van der Waals surface area contributed by atoms with Crippen molar-refractivity contribution in [1.82, 2.24) is 9.78 Å². The minimum absolute atomic E-state index is 0.252. The standard InChI is InChI=1S/C21H23F5N4O/c1-12-6-14(29-4-5-30-15(10-29)8-16(28-30)21(24,25)26)7-13(2)18(12)27-17(31)9-19(3)11-20(19,22)23/h6-8H,4-5,9-11H2,1-3H3,(H,27,31)/t19-/m0/s1. The Bertz CT molecular complexity index is 1020. The minimum atomic E-state index is -4.48. The molecule has 0 unspecified atom stereocenters. The quantitative estimate of drug-likeness (QED) is 0.685. The second-order valence-corrected chi connectivity index (χ2v) is 8.78. The number of nitrogens with one attached hydrogen (secondary N) is 1. The summed E-state index contributed by atoms with van der Waals surface area (Å²) in [5.41, 5.74) is 1.19. The molecule has 168 valence electrons. The monoisotopic (exact) mass is 442 g/mol. The summed E-state index contributed by atoms with van der Waals surface area (Å²) >= 11 is 0.